The molecule has 0 saturated heterocycles. The molecule has 0 aliphatic heterocycles. The maximum absolute atomic E-state index is 13.2. The Balaban J connectivity index is 3.60. The summed E-state index contributed by atoms with van der Waals surface area (Å²) in [5.41, 5.74) is -2.69. The third kappa shape index (κ3) is 3.87. The predicted octanol–water partition coefficient (Wildman–Crippen LogP) is 2.28. The van der Waals surface area contributed by atoms with E-state index in [1.807, 2.05) is 0 Å². The van der Waals surface area contributed by atoms with Gasteiger partial charge >= 0.3 is 12.1 Å². The second-order valence-corrected chi connectivity index (χ2v) is 6.16. The number of anilines is 1. The molecule has 0 aromatic heterocycles. The highest BCUT2D eigenvalue weighted by atomic mass is 32.2. The van der Waals surface area contributed by atoms with Gasteiger partial charge in [0.2, 0.25) is 10.0 Å². The molecule has 0 fully saturated rings. The van der Waals surface area contributed by atoms with Crippen molar-refractivity contribution in [1.82, 2.24) is 0 Å². The van der Waals surface area contributed by atoms with Crippen LogP contribution in [0.5, 0.6) is 0 Å². The molecule has 1 aromatic rings. The lowest BCUT2D eigenvalue weighted by molar-refractivity contribution is -0.137. The smallest absolute Gasteiger partial charge is 0.419 e. The Hall–Kier alpha value is -1.77. The summed E-state index contributed by atoms with van der Waals surface area (Å²) >= 11 is 0. The van der Waals surface area contributed by atoms with Crippen LogP contribution in [0.4, 0.5) is 18.9 Å². The third-order valence-corrected chi connectivity index (χ3v) is 3.85. The molecule has 21 heavy (non-hydrogen) atoms. The molecule has 5 nitrogen and oxygen atoms in total. The van der Waals surface area contributed by atoms with Gasteiger partial charge in [-0.3, -0.25) is 4.31 Å². The van der Waals surface area contributed by atoms with E-state index in [1.165, 1.54) is 13.0 Å². The maximum atomic E-state index is 13.2. The molecular weight excluding hydrogens is 311 g/mol. The minimum absolute atomic E-state index is 0.0950. The average Bonchev–Trinajstić information content (AvgIpc) is 2.35. The van der Waals surface area contributed by atoms with Gasteiger partial charge in [-0.15, -0.1) is 0 Å². The first-order valence-electron chi connectivity index (χ1n) is 5.81. The van der Waals surface area contributed by atoms with Crippen LogP contribution in [0.3, 0.4) is 0 Å². The van der Waals surface area contributed by atoms with Gasteiger partial charge in [0.15, 0.2) is 0 Å². The van der Waals surface area contributed by atoms with Crippen LogP contribution in [-0.4, -0.2) is 34.3 Å². The quantitative estimate of drug-likeness (QED) is 0.797. The molecule has 0 N–H and O–H groups in total. The van der Waals surface area contributed by atoms with Gasteiger partial charge in [0, 0.05) is 7.05 Å². The molecule has 0 atom stereocenters. The summed E-state index contributed by atoms with van der Waals surface area (Å²) in [5, 5.41) is 0. The molecule has 1 aromatic carbocycles. The van der Waals surface area contributed by atoms with Gasteiger partial charge in [-0.2, -0.15) is 13.2 Å². The van der Waals surface area contributed by atoms with E-state index < -0.39 is 39.0 Å². The highest BCUT2D eigenvalue weighted by molar-refractivity contribution is 7.92. The van der Waals surface area contributed by atoms with E-state index in [4.69, 9.17) is 0 Å². The van der Waals surface area contributed by atoms with E-state index in [0.29, 0.717) is 4.31 Å². The number of nitrogens with zero attached hydrogens (tertiary/aromatic N) is 1. The SMILES string of the molecule is CCOC(=O)c1cccc(N(C)S(C)(=O)=O)c1C(F)(F)F. The number of hydrogen-bond donors (Lipinski definition) is 0. The molecule has 0 aliphatic carbocycles. The Labute approximate surface area is 120 Å². The summed E-state index contributed by atoms with van der Waals surface area (Å²) in [6.07, 6.45) is -4.14. The predicted molar refractivity (Wildman–Crippen MR) is 70.6 cm³/mol. The fourth-order valence-electron chi connectivity index (χ4n) is 1.66. The molecule has 0 bridgehead atoms. The zero-order valence-corrected chi connectivity index (χ0v) is 12.4. The van der Waals surface area contributed by atoms with Gasteiger partial charge in [0.05, 0.1) is 29.7 Å². The van der Waals surface area contributed by atoms with E-state index in [2.05, 4.69) is 4.74 Å². The molecule has 0 radical (unpaired) electrons. The van der Waals surface area contributed by atoms with Gasteiger partial charge < -0.3 is 4.74 Å². The van der Waals surface area contributed by atoms with Gasteiger partial charge in [0.1, 0.15) is 0 Å². The zero-order valence-electron chi connectivity index (χ0n) is 11.6. The van der Waals surface area contributed by atoms with Crippen molar-refractivity contribution in [2.75, 3.05) is 24.2 Å². The second-order valence-electron chi connectivity index (χ2n) is 4.15. The number of hydrogen-bond acceptors (Lipinski definition) is 4. The lowest BCUT2D eigenvalue weighted by atomic mass is 10.0. The topological polar surface area (TPSA) is 63.7 Å². The molecule has 0 saturated carbocycles. The van der Waals surface area contributed by atoms with Crippen molar-refractivity contribution in [1.29, 1.82) is 0 Å². The minimum Gasteiger partial charge on any atom is -0.462 e. The maximum Gasteiger partial charge on any atom is 0.419 e. The number of carbonyl (C=O) groups excluding carboxylic acids is 1. The number of rotatable bonds is 4. The van der Waals surface area contributed by atoms with Crippen LogP contribution in [0.15, 0.2) is 18.2 Å². The van der Waals surface area contributed by atoms with Crippen LogP contribution < -0.4 is 4.31 Å². The number of esters is 1. The Kier molecular flexibility index (Phi) is 4.87. The number of halogens is 3. The normalized spacial score (nSPS) is 12.1. The van der Waals surface area contributed by atoms with Gasteiger partial charge in [-0.25, -0.2) is 13.2 Å². The summed E-state index contributed by atoms with van der Waals surface area (Å²) < 4.78 is 67.7. The van der Waals surface area contributed by atoms with Gasteiger partial charge in [-0.05, 0) is 19.1 Å². The lowest BCUT2D eigenvalue weighted by Crippen LogP contribution is -2.28. The van der Waals surface area contributed by atoms with Crippen LogP contribution in [0.2, 0.25) is 0 Å². The number of benzene rings is 1. The first-order valence-corrected chi connectivity index (χ1v) is 7.66. The van der Waals surface area contributed by atoms with Crippen LogP contribution in [0.25, 0.3) is 0 Å². The monoisotopic (exact) mass is 325 g/mol. The van der Waals surface area contributed by atoms with E-state index in [9.17, 15) is 26.4 Å². The van der Waals surface area contributed by atoms with E-state index in [0.717, 1.165) is 25.4 Å². The van der Waals surface area contributed by atoms with Crippen molar-refractivity contribution >= 4 is 21.7 Å². The van der Waals surface area contributed by atoms with Crippen molar-refractivity contribution in [3.05, 3.63) is 29.3 Å². The average molecular weight is 325 g/mol. The fraction of sp³-hybridized carbons (Fsp3) is 0.417. The zero-order chi connectivity index (χ0) is 16.4. The molecule has 9 heteroatoms. The highest BCUT2D eigenvalue weighted by Crippen LogP contribution is 2.39. The Bertz CT molecular complexity index is 640. The Morgan fingerprint density at radius 2 is 1.90 bits per heavy atom. The fourth-order valence-corrected chi connectivity index (χ4v) is 2.17. The Morgan fingerprint density at radius 1 is 1.33 bits per heavy atom. The standard InChI is InChI=1S/C12H14F3NO4S/c1-4-20-11(17)8-6-5-7-9(10(8)12(13,14)15)16(2)21(3,18)19/h5-7H,4H2,1-3H3. The number of ether oxygens (including phenoxy) is 1. The van der Waals surface area contributed by atoms with Crippen molar-refractivity contribution < 1.29 is 31.1 Å². The van der Waals surface area contributed by atoms with Crippen LogP contribution >= 0.6 is 0 Å². The summed E-state index contributed by atoms with van der Waals surface area (Å²) in [5.74, 6) is -1.16. The number of alkyl halides is 3. The molecule has 118 valence electrons. The summed E-state index contributed by atoms with van der Waals surface area (Å²) in [4.78, 5) is 11.6. The van der Waals surface area contributed by atoms with Crippen LogP contribution in [-0.2, 0) is 20.9 Å². The van der Waals surface area contributed by atoms with E-state index in [1.54, 1.807) is 0 Å². The van der Waals surface area contributed by atoms with Crippen LogP contribution in [0.1, 0.15) is 22.8 Å². The molecule has 0 aliphatic rings. The van der Waals surface area contributed by atoms with Crippen molar-refractivity contribution in [2.24, 2.45) is 0 Å². The number of sulfonamides is 1. The van der Waals surface area contributed by atoms with Crippen LogP contribution in [0, 0.1) is 0 Å². The first kappa shape index (κ1) is 17.3. The second kappa shape index (κ2) is 5.92. The molecule has 0 amide bonds. The van der Waals surface area contributed by atoms with E-state index >= 15 is 0 Å². The molecule has 0 unspecified atom stereocenters. The summed E-state index contributed by atoms with van der Waals surface area (Å²) in [6.45, 7) is 1.36. The van der Waals surface area contributed by atoms with E-state index in [-0.39, 0.29) is 6.61 Å². The molecule has 0 spiro atoms. The van der Waals surface area contributed by atoms with Gasteiger partial charge in [0.25, 0.3) is 0 Å². The minimum atomic E-state index is -4.91. The molecule has 1 rings (SSSR count). The first-order chi connectivity index (χ1) is 9.50. The number of carbonyl (C=O) groups is 1. The highest BCUT2D eigenvalue weighted by Gasteiger charge is 2.40. The van der Waals surface area contributed by atoms with Crippen molar-refractivity contribution in [3.63, 3.8) is 0 Å². The Morgan fingerprint density at radius 3 is 2.33 bits per heavy atom. The summed E-state index contributed by atoms with van der Waals surface area (Å²) in [7, 11) is -2.93. The third-order valence-electron chi connectivity index (χ3n) is 2.66. The van der Waals surface area contributed by atoms with Gasteiger partial charge in [-0.1, -0.05) is 6.07 Å². The van der Waals surface area contributed by atoms with Crippen molar-refractivity contribution in [3.8, 4) is 0 Å². The molecule has 0 heterocycles. The van der Waals surface area contributed by atoms with Crippen molar-refractivity contribution in [2.45, 2.75) is 13.1 Å². The molecular formula is C12H14F3NO4S. The largest absolute Gasteiger partial charge is 0.462 e. The lowest BCUT2D eigenvalue weighted by Gasteiger charge is -2.23. The summed E-state index contributed by atoms with van der Waals surface area (Å²) in [6, 6.07) is 3.09.